The Morgan fingerprint density at radius 2 is 2.02 bits per heavy atom. The molecule has 19 heteroatoms. The number of β-lactam (4-membered cyclic amide) rings is 1. The van der Waals surface area contributed by atoms with Crippen LogP contribution in [0.4, 0.5) is 5.13 Å². The van der Waals surface area contributed by atoms with Crippen LogP contribution in [-0.4, -0.2) is 101 Å². The third-order valence-corrected chi connectivity index (χ3v) is 8.84. The summed E-state index contributed by atoms with van der Waals surface area (Å²) in [5.74, 6) is -2.86. The number of aliphatic carboxylic acids is 1. The number of benzene rings is 1. The van der Waals surface area contributed by atoms with E-state index in [0.717, 1.165) is 30.8 Å². The van der Waals surface area contributed by atoms with Gasteiger partial charge in [-0.2, -0.15) is 8.42 Å². The summed E-state index contributed by atoms with van der Waals surface area (Å²) in [6.07, 6.45) is -0.413. The van der Waals surface area contributed by atoms with Crippen molar-refractivity contribution in [2.45, 2.75) is 50.9 Å². The van der Waals surface area contributed by atoms with Gasteiger partial charge in [-0.05, 0) is 50.6 Å². The molecule has 238 valence electrons. The number of nitrogens with one attached hydrogen (secondary N) is 2. The predicted octanol–water partition coefficient (Wildman–Crippen LogP) is -0.874. The van der Waals surface area contributed by atoms with Gasteiger partial charge in [-0.1, -0.05) is 12.1 Å². The van der Waals surface area contributed by atoms with Gasteiger partial charge in [-0.3, -0.25) is 19.1 Å². The van der Waals surface area contributed by atoms with Gasteiger partial charge in [0.2, 0.25) is 0 Å². The molecule has 0 radical (unpaired) electrons. The number of carbonyl (C=O) groups is 3. The van der Waals surface area contributed by atoms with Crippen LogP contribution in [0.3, 0.4) is 0 Å². The highest BCUT2D eigenvalue weighted by atomic mass is 32.2. The number of aromatic nitrogens is 1. The van der Waals surface area contributed by atoms with Crippen LogP contribution < -0.4 is 26.8 Å². The third kappa shape index (κ3) is 7.41. The number of aliphatic imine (C=N–C) groups is 1. The first-order valence-electron chi connectivity index (χ1n) is 13.4. The van der Waals surface area contributed by atoms with Gasteiger partial charge in [0.15, 0.2) is 10.8 Å². The van der Waals surface area contributed by atoms with E-state index in [1.54, 1.807) is 31.2 Å². The Bertz CT molecular complexity index is 1570. The second-order valence-corrected chi connectivity index (χ2v) is 12.3. The number of carbonyl (C=O) groups excluding carboxylic acids is 2. The molecule has 4 rings (SSSR count). The van der Waals surface area contributed by atoms with Gasteiger partial charge >= 0.3 is 16.3 Å². The summed E-state index contributed by atoms with van der Waals surface area (Å²) in [7, 11) is -4.83. The van der Waals surface area contributed by atoms with Crippen molar-refractivity contribution in [3.8, 4) is 5.75 Å². The van der Waals surface area contributed by atoms with Crippen LogP contribution in [0.2, 0.25) is 0 Å². The molecule has 0 bridgehead atoms. The number of nitrogens with zero attached hydrogens (tertiary/aromatic N) is 4. The molecule has 3 heterocycles. The van der Waals surface area contributed by atoms with E-state index < -0.39 is 58.6 Å². The number of anilines is 1. The Labute approximate surface area is 256 Å². The first-order chi connectivity index (χ1) is 20.8. The van der Waals surface area contributed by atoms with Gasteiger partial charge in [0.25, 0.3) is 17.9 Å². The summed E-state index contributed by atoms with van der Waals surface area (Å²) < 4.78 is 37.9. The minimum Gasteiger partial charge on any atom is -0.489 e. The molecule has 0 unspecified atom stereocenters. The van der Waals surface area contributed by atoms with E-state index in [1.165, 1.54) is 6.92 Å². The molecule has 2 aliphatic heterocycles. The molecule has 8 N–H and O–H groups in total. The number of nitrogen functional groups attached to an aromatic ring is 1. The Kier molecular flexibility index (Phi) is 10.0. The number of carboxylic acids is 1. The molecule has 2 saturated heterocycles. The van der Waals surface area contributed by atoms with Crippen molar-refractivity contribution < 1.29 is 42.0 Å². The van der Waals surface area contributed by atoms with E-state index in [2.05, 4.69) is 25.8 Å². The standard InChI is InChI=1S/C25H32N8O9S2/c1-3-17-19(31-25(27)43-17)20(22(34)30-18-12(2)33(23(18)35)44(38,39)40)32-42-16(24(36)37)11-41-15-6-4-13(5-7-15)21(26)29-14-8-9-28-10-14/h4-7,12,14,16,18,28H,3,8-11H2,1-2H3,(H2,26,29)(H2,27,31)(H,30,34)(H,36,37)(H,38,39,40)/b32-20-/t12-,14-,16-,18-/m0/s1. The average Bonchev–Trinajstić information content (AvgIpc) is 3.61. The number of aryl methyl sites for hydroxylation is 1. The van der Waals surface area contributed by atoms with E-state index in [1.807, 2.05) is 0 Å². The zero-order chi connectivity index (χ0) is 32.2. The quantitative estimate of drug-likeness (QED) is 0.0506. The molecule has 0 saturated carbocycles. The third-order valence-electron chi connectivity index (χ3n) is 6.80. The number of ether oxygens (including phenoxy) is 1. The van der Waals surface area contributed by atoms with E-state index in [9.17, 15) is 32.5 Å². The van der Waals surface area contributed by atoms with Crippen LogP contribution in [0.5, 0.6) is 5.75 Å². The lowest BCUT2D eigenvalue weighted by atomic mass is 10.0. The van der Waals surface area contributed by atoms with Crippen molar-refractivity contribution in [2.75, 3.05) is 25.4 Å². The summed E-state index contributed by atoms with van der Waals surface area (Å²) in [4.78, 5) is 51.8. The maximum absolute atomic E-state index is 13.2. The summed E-state index contributed by atoms with van der Waals surface area (Å²) in [5, 5.41) is 19.1. The Hall–Kier alpha value is -4.33. The van der Waals surface area contributed by atoms with E-state index in [0.29, 0.717) is 28.4 Å². The molecule has 1 aromatic heterocycles. The number of nitrogens with two attached hydrogens (primary N) is 2. The van der Waals surface area contributed by atoms with Crippen LogP contribution >= 0.6 is 11.3 Å². The summed E-state index contributed by atoms with van der Waals surface area (Å²) in [5.41, 5.74) is 12.1. The number of amidine groups is 1. The lowest BCUT2D eigenvalue weighted by molar-refractivity contribution is -0.152. The highest BCUT2D eigenvalue weighted by molar-refractivity contribution is 7.84. The van der Waals surface area contributed by atoms with Gasteiger partial charge in [0, 0.05) is 17.0 Å². The molecule has 0 aliphatic carbocycles. The van der Waals surface area contributed by atoms with E-state index in [-0.39, 0.29) is 21.2 Å². The van der Waals surface area contributed by atoms with E-state index in [4.69, 9.17) is 21.0 Å². The number of thiazole rings is 1. The lowest BCUT2D eigenvalue weighted by Crippen LogP contribution is -2.71. The van der Waals surface area contributed by atoms with Gasteiger partial charge in [-0.25, -0.2) is 14.1 Å². The highest BCUT2D eigenvalue weighted by Crippen LogP contribution is 2.25. The minimum atomic E-state index is -4.83. The van der Waals surface area contributed by atoms with Gasteiger partial charge < -0.3 is 36.8 Å². The number of amides is 2. The van der Waals surface area contributed by atoms with Gasteiger partial charge in [0.1, 0.15) is 29.9 Å². The predicted molar refractivity (Wildman–Crippen MR) is 159 cm³/mol. The molecule has 44 heavy (non-hydrogen) atoms. The zero-order valence-corrected chi connectivity index (χ0v) is 25.3. The first-order valence-corrected chi connectivity index (χ1v) is 15.6. The first kappa shape index (κ1) is 32.6. The molecule has 2 fully saturated rings. The molecule has 2 aromatic rings. The number of hydrogen-bond donors (Lipinski definition) is 6. The fraction of sp³-hybridized carbons (Fsp3) is 0.440. The van der Waals surface area contributed by atoms with Crippen molar-refractivity contribution in [3.05, 3.63) is 40.4 Å². The number of oxime groups is 1. The van der Waals surface area contributed by atoms with E-state index >= 15 is 0 Å². The second kappa shape index (κ2) is 13.5. The molecular formula is C25H32N8O9S2. The SMILES string of the molecule is CCc1sc(N)nc1/C(=N/O[C@@H](COc1ccc(C(N)=N[C@H]2CCNC2)cc1)C(=O)O)C(=O)N[C@@H]1C(=O)N(S(=O)(=O)O)[C@H]1C. The molecule has 17 nitrogen and oxygen atoms in total. The van der Waals surface area contributed by atoms with Crippen LogP contribution in [0.15, 0.2) is 34.4 Å². The zero-order valence-electron chi connectivity index (χ0n) is 23.7. The van der Waals surface area contributed by atoms with Crippen LogP contribution in [0.25, 0.3) is 0 Å². The topological polar surface area (TPSA) is 261 Å². The maximum atomic E-state index is 13.2. The van der Waals surface area contributed by atoms with Gasteiger partial charge in [-0.15, -0.1) is 11.3 Å². The molecule has 0 spiro atoms. The summed E-state index contributed by atoms with van der Waals surface area (Å²) in [6.45, 7) is 4.18. The van der Waals surface area contributed by atoms with Crippen LogP contribution in [0, 0.1) is 0 Å². The lowest BCUT2D eigenvalue weighted by Gasteiger charge is -2.42. The highest BCUT2D eigenvalue weighted by Gasteiger charge is 2.51. The Morgan fingerprint density at radius 3 is 2.59 bits per heavy atom. The fourth-order valence-electron chi connectivity index (χ4n) is 4.48. The monoisotopic (exact) mass is 652 g/mol. The summed E-state index contributed by atoms with van der Waals surface area (Å²) in [6, 6.07) is 4.20. The van der Waals surface area contributed by atoms with Crippen LogP contribution in [-0.2, 0) is 35.9 Å². The summed E-state index contributed by atoms with van der Waals surface area (Å²) >= 11 is 1.06. The second-order valence-electron chi connectivity index (χ2n) is 9.85. The van der Waals surface area contributed by atoms with Crippen molar-refractivity contribution in [1.29, 1.82) is 0 Å². The Balaban J connectivity index is 1.48. The number of rotatable bonds is 13. The van der Waals surface area contributed by atoms with Gasteiger partial charge in [0.05, 0.1) is 12.1 Å². The Morgan fingerprint density at radius 1 is 1.32 bits per heavy atom. The molecule has 2 amide bonds. The molecule has 1 aromatic carbocycles. The fourth-order valence-corrected chi connectivity index (χ4v) is 6.13. The normalized spacial score (nSPS) is 21.5. The minimum absolute atomic E-state index is 0.00755. The van der Waals surface area contributed by atoms with Crippen molar-refractivity contribution in [2.24, 2.45) is 15.9 Å². The average molecular weight is 653 g/mol. The molecular weight excluding hydrogens is 620 g/mol. The number of carboxylic acid groups (broad SMARTS) is 1. The number of hydrogen-bond acceptors (Lipinski definition) is 13. The van der Waals surface area contributed by atoms with Crippen molar-refractivity contribution in [1.82, 2.24) is 19.9 Å². The van der Waals surface area contributed by atoms with Crippen LogP contribution in [0.1, 0.15) is 36.4 Å². The molecule has 4 atom stereocenters. The smallest absolute Gasteiger partial charge is 0.362 e. The van der Waals surface area contributed by atoms with Crippen molar-refractivity contribution >= 4 is 56.1 Å². The van der Waals surface area contributed by atoms with Crippen molar-refractivity contribution in [3.63, 3.8) is 0 Å². The molecule has 2 aliphatic rings. The largest absolute Gasteiger partial charge is 0.489 e. The maximum Gasteiger partial charge on any atom is 0.362 e.